The molecule has 1 amide bonds. The van der Waals surface area contributed by atoms with Gasteiger partial charge in [0.2, 0.25) is 0 Å². The number of pyridine rings is 1. The predicted molar refractivity (Wildman–Crippen MR) is 139 cm³/mol. The molecule has 0 spiro atoms. The molecule has 1 heterocycles. The summed E-state index contributed by atoms with van der Waals surface area (Å²) in [6, 6.07) is 5.39. The summed E-state index contributed by atoms with van der Waals surface area (Å²) in [6.07, 6.45) is 1.28. The molecule has 1 N–H and O–H groups in total. The van der Waals surface area contributed by atoms with Gasteiger partial charge in [0.05, 0.1) is 30.8 Å². The highest BCUT2D eigenvalue weighted by Gasteiger charge is 2.24. The molecule has 0 saturated heterocycles. The third kappa shape index (κ3) is 8.76. The molecule has 0 radical (unpaired) electrons. The molecule has 2 aromatic rings. The van der Waals surface area contributed by atoms with E-state index in [9.17, 15) is 9.59 Å². The van der Waals surface area contributed by atoms with E-state index in [1.54, 1.807) is 23.8 Å². The summed E-state index contributed by atoms with van der Waals surface area (Å²) in [7, 11) is 1.62. The Morgan fingerprint density at radius 1 is 1.00 bits per heavy atom. The second-order valence-corrected chi connectivity index (χ2v) is 10.8. The Kier molecular flexibility index (Phi) is 10.0. The Hall–Kier alpha value is -2.74. The Bertz CT molecular complexity index is 1050. The standard InChI is InChI=1S/C27H42N2O6/c1-9-10-13-34-23-21-16-19(33-15-14-32-8)11-12-20(21)24(30)29(18-26(2,3)4)22(23)17-28-25(31)35-27(5,6)7/h11-12,16H,9-10,13-15,17-18H2,1-8H3,(H,28,31). The number of amides is 1. The minimum Gasteiger partial charge on any atom is -0.491 e. The van der Waals surface area contributed by atoms with Crippen LogP contribution in [0.3, 0.4) is 0 Å². The highest BCUT2D eigenvalue weighted by molar-refractivity contribution is 5.90. The van der Waals surface area contributed by atoms with Gasteiger partial charge in [-0.1, -0.05) is 34.1 Å². The average Bonchev–Trinajstić information content (AvgIpc) is 2.74. The Balaban J connectivity index is 2.65. The molecule has 0 aliphatic rings. The normalized spacial score (nSPS) is 12.0. The first kappa shape index (κ1) is 28.5. The monoisotopic (exact) mass is 490 g/mol. The topological polar surface area (TPSA) is 88.0 Å². The lowest BCUT2D eigenvalue weighted by Crippen LogP contribution is -2.36. The molecule has 0 saturated carbocycles. The van der Waals surface area contributed by atoms with Gasteiger partial charge in [-0.3, -0.25) is 4.79 Å². The van der Waals surface area contributed by atoms with E-state index in [4.69, 9.17) is 18.9 Å². The lowest BCUT2D eigenvalue weighted by atomic mass is 9.96. The fourth-order valence-electron chi connectivity index (χ4n) is 3.54. The molecule has 8 nitrogen and oxygen atoms in total. The van der Waals surface area contributed by atoms with Crippen LogP contribution in [0.2, 0.25) is 0 Å². The second-order valence-electron chi connectivity index (χ2n) is 10.8. The number of methoxy groups -OCH3 is 1. The summed E-state index contributed by atoms with van der Waals surface area (Å²) in [4.78, 5) is 26.1. The van der Waals surface area contributed by atoms with E-state index >= 15 is 0 Å². The molecule has 1 aromatic heterocycles. The van der Waals surface area contributed by atoms with Gasteiger partial charge in [-0.2, -0.15) is 0 Å². The first-order chi connectivity index (χ1) is 16.4. The van der Waals surface area contributed by atoms with Gasteiger partial charge in [-0.25, -0.2) is 4.79 Å². The van der Waals surface area contributed by atoms with Crippen LogP contribution >= 0.6 is 0 Å². The molecule has 0 aliphatic heterocycles. The number of carbonyl (C=O) groups excluding carboxylic acids is 1. The van der Waals surface area contributed by atoms with Crippen LogP contribution in [-0.2, 0) is 22.6 Å². The number of hydrogen-bond acceptors (Lipinski definition) is 6. The molecule has 2 rings (SSSR count). The first-order valence-electron chi connectivity index (χ1n) is 12.3. The van der Waals surface area contributed by atoms with Crippen molar-refractivity contribution in [2.75, 3.05) is 26.9 Å². The van der Waals surface area contributed by atoms with E-state index in [1.807, 2.05) is 26.8 Å². The molecule has 8 heteroatoms. The van der Waals surface area contributed by atoms with Crippen LogP contribution in [0.1, 0.15) is 67.0 Å². The van der Waals surface area contributed by atoms with Gasteiger partial charge in [0, 0.05) is 19.0 Å². The number of ether oxygens (including phenoxy) is 4. The zero-order valence-electron chi connectivity index (χ0n) is 22.6. The quantitative estimate of drug-likeness (QED) is 0.432. The molecule has 0 bridgehead atoms. The summed E-state index contributed by atoms with van der Waals surface area (Å²) >= 11 is 0. The molecular weight excluding hydrogens is 448 g/mol. The van der Waals surface area contributed by atoms with Crippen LogP contribution in [0, 0.1) is 5.41 Å². The van der Waals surface area contributed by atoms with Crippen LogP contribution < -0.4 is 20.3 Å². The van der Waals surface area contributed by atoms with Crippen molar-refractivity contribution in [3.05, 3.63) is 34.2 Å². The number of aromatic nitrogens is 1. The zero-order chi connectivity index (χ0) is 26.2. The minimum atomic E-state index is -0.632. The highest BCUT2D eigenvalue weighted by atomic mass is 16.6. The lowest BCUT2D eigenvalue weighted by molar-refractivity contribution is 0.0521. The van der Waals surface area contributed by atoms with Crippen LogP contribution in [0.5, 0.6) is 11.5 Å². The van der Waals surface area contributed by atoms with Crippen molar-refractivity contribution < 1.29 is 23.7 Å². The summed E-state index contributed by atoms with van der Waals surface area (Å²) in [5.74, 6) is 1.19. The summed E-state index contributed by atoms with van der Waals surface area (Å²) in [5, 5.41) is 4.01. The first-order valence-corrected chi connectivity index (χ1v) is 12.3. The lowest BCUT2D eigenvalue weighted by Gasteiger charge is -2.26. The number of nitrogens with one attached hydrogen (secondary N) is 1. The van der Waals surface area contributed by atoms with E-state index in [1.165, 1.54) is 0 Å². The van der Waals surface area contributed by atoms with Crippen molar-refractivity contribution in [2.24, 2.45) is 5.41 Å². The fraction of sp³-hybridized carbons (Fsp3) is 0.630. The van der Waals surface area contributed by atoms with Crippen LogP contribution in [0.4, 0.5) is 4.79 Å². The zero-order valence-corrected chi connectivity index (χ0v) is 22.6. The number of nitrogens with zero attached hydrogens (tertiary/aromatic N) is 1. The maximum Gasteiger partial charge on any atom is 0.407 e. The van der Waals surface area contributed by atoms with E-state index in [-0.39, 0.29) is 17.5 Å². The number of rotatable bonds is 11. The van der Waals surface area contributed by atoms with Gasteiger partial charge in [-0.05, 0) is 50.8 Å². The van der Waals surface area contributed by atoms with Gasteiger partial charge in [0.15, 0.2) is 0 Å². The molecular formula is C27H42N2O6. The average molecular weight is 491 g/mol. The molecule has 0 fully saturated rings. The second kappa shape index (κ2) is 12.3. The maximum absolute atomic E-state index is 13.7. The Morgan fingerprint density at radius 2 is 1.71 bits per heavy atom. The van der Waals surface area contributed by atoms with E-state index < -0.39 is 11.7 Å². The van der Waals surface area contributed by atoms with E-state index in [0.717, 1.165) is 12.8 Å². The Morgan fingerprint density at radius 3 is 2.31 bits per heavy atom. The molecule has 196 valence electrons. The van der Waals surface area contributed by atoms with Crippen LogP contribution in [0.15, 0.2) is 23.0 Å². The molecule has 0 aliphatic carbocycles. The maximum atomic E-state index is 13.7. The fourth-order valence-corrected chi connectivity index (χ4v) is 3.54. The largest absolute Gasteiger partial charge is 0.491 e. The van der Waals surface area contributed by atoms with Crippen LogP contribution in [0.25, 0.3) is 10.8 Å². The Labute approximate surface area is 208 Å². The van der Waals surface area contributed by atoms with Crippen molar-refractivity contribution in [1.29, 1.82) is 0 Å². The van der Waals surface area contributed by atoms with Crippen LogP contribution in [-0.4, -0.2) is 43.2 Å². The molecule has 0 atom stereocenters. The van der Waals surface area contributed by atoms with Crippen molar-refractivity contribution in [3.63, 3.8) is 0 Å². The van der Waals surface area contributed by atoms with Crippen molar-refractivity contribution >= 4 is 16.9 Å². The summed E-state index contributed by atoms with van der Waals surface area (Å²) in [6.45, 7) is 15.6. The SMILES string of the molecule is CCCCOc1c(CNC(=O)OC(C)(C)C)n(CC(C)(C)C)c(=O)c2ccc(OCCOC)cc12. The number of alkyl carbamates (subject to hydrolysis) is 1. The van der Waals surface area contributed by atoms with Crippen molar-refractivity contribution in [2.45, 2.75) is 80.0 Å². The number of carbonyl (C=O) groups is 1. The third-order valence-corrected chi connectivity index (χ3v) is 5.03. The van der Waals surface area contributed by atoms with Crippen molar-refractivity contribution in [3.8, 4) is 11.5 Å². The molecule has 0 unspecified atom stereocenters. The van der Waals surface area contributed by atoms with Gasteiger partial charge in [-0.15, -0.1) is 0 Å². The smallest absolute Gasteiger partial charge is 0.407 e. The number of benzene rings is 1. The predicted octanol–water partition coefficient (Wildman–Crippen LogP) is 5.28. The highest BCUT2D eigenvalue weighted by Crippen LogP contribution is 2.32. The minimum absolute atomic E-state index is 0.0897. The summed E-state index contributed by atoms with van der Waals surface area (Å²) < 4.78 is 24.3. The molecule has 35 heavy (non-hydrogen) atoms. The molecule has 1 aromatic carbocycles. The van der Waals surface area contributed by atoms with E-state index in [2.05, 4.69) is 33.0 Å². The number of unbranched alkanes of at least 4 members (excludes halogenated alkanes) is 1. The van der Waals surface area contributed by atoms with E-state index in [0.29, 0.717) is 54.3 Å². The van der Waals surface area contributed by atoms with Gasteiger partial charge >= 0.3 is 6.09 Å². The van der Waals surface area contributed by atoms with Crippen molar-refractivity contribution in [1.82, 2.24) is 9.88 Å². The van der Waals surface area contributed by atoms with Gasteiger partial charge in [0.25, 0.3) is 5.56 Å². The summed E-state index contributed by atoms with van der Waals surface area (Å²) in [5.41, 5.74) is -0.342. The number of fused-ring (bicyclic) bond motifs is 1. The van der Waals surface area contributed by atoms with Gasteiger partial charge < -0.3 is 28.8 Å². The van der Waals surface area contributed by atoms with Gasteiger partial charge in [0.1, 0.15) is 23.7 Å². The third-order valence-electron chi connectivity index (χ3n) is 5.03. The number of hydrogen-bond donors (Lipinski definition) is 1.